The lowest BCUT2D eigenvalue weighted by Crippen LogP contribution is -2.29. The van der Waals surface area contributed by atoms with Gasteiger partial charge >= 0.3 is 5.91 Å². The summed E-state index contributed by atoms with van der Waals surface area (Å²) < 4.78 is 12.4. The third-order valence-electron chi connectivity index (χ3n) is 6.77. The molecule has 1 fully saturated rings. The highest BCUT2D eigenvalue weighted by Crippen LogP contribution is 2.46. The summed E-state index contributed by atoms with van der Waals surface area (Å²) in [5.74, 6) is -0.339. The van der Waals surface area contributed by atoms with Crippen LogP contribution < -0.4 is 14.4 Å². The molecule has 7 nitrogen and oxygen atoms in total. The number of anilines is 1. The SMILES string of the molecule is COc1cc(C2/C(=C(\O)c3ccc(C)cc3)C(=O)C(=O)N2c2nc3ccc(Cl)cc3s2)ccc1OCCC(C)C. The van der Waals surface area contributed by atoms with E-state index in [1.165, 1.54) is 23.3 Å². The van der Waals surface area contributed by atoms with Crippen molar-refractivity contribution in [2.45, 2.75) is 33.2 Å². The summed E-state index contributed by atoms with van der Waals surface area (Å²) in [5.41, 5.74) is 2.62. The van der Waals surface area contributed by atoms with Crippen LogP contribution in [0.5, 0.6) is 11.5 Å². The van der Waals surface area contributed by atoms with Crippen LogP contribution in [-0.2, 0) is 9.59 Å². The first-order valence-corrected chi connectivity index (χ1v) is 14.1. The van der Waals surface area contributed by atoms with Gasteiger partial charge in [0.25, 0.3) is 5.78 Å². The smallest absolute Gasteiger partial charge is 0.301 e. The van der Waals surface area contributed by atoms with Crippen molar-refractivity contribution in [1.82, 2.24) is 4.98 Å². The zero-order valence-electron chi connectivity index (χ0n) is 22.6. The van der Waals surface area contributed by atoms with Gasteiger partial charge in [0.05, 0.1) is 35.5 Å². The lowest BCUT2D eigenvalue weighted by Gasteiger charge is -2.24. The summed E-state index contributed by atoms with van der Waals surface area (Å²) in [4.78, 5) is 33.1. The number of aliphatic hydroxyl groups is 1. The monoisotopic (exact) mass is 576 g/mol. The number of hydrogen-bond donors (Lipinski definition) is 1. The first-order valence-electron chi connectivity index (χ1n) is 12.9. The number of thiazole rings is 1. The number of Topliss-reactive ketones (excluding diaryl/α,β-unsaturated/α-hetero) is 1. The highest BCUT2D eigenvalue weighted by atomic mass is 35.5. The number of carbonyl (C=O) groups is 2. The number of halogens is 1. The second-order valence-corrected chi connectivity index (χ2v) is 11.5. The number of benzene rings is 3. The van der Waals surface area contributed by atoms with Gasteiger partial charge in [-0.15, -0.1) is 0 Å². The number of rotatable bonds is 8. The van der Waals surface area contributed by atoms with Gasteiger partial charge < -0.3 is 14.6 Å². The molecule has 40 heavy (non-hydrogen) atoms. The summed E-state index contributed by atoms with van der Waals surface area (Å²) >= 11 is 7.44. The Hall–Kier alpha value is -3.88. The summed E-state index contributed by atoms with van der Waals surface area (Å²) in [6.45, 7) is 6.69. The summed E-state index contributed by atoms with van der Waals surface area (Å²) in [6.07, 6.45) is 0.878. The van der Waals surface area contributed by atoms with Gasteiger partial charge in [-0.3, -0.25) is 14.5 Å². The van der Waals surface area contributed by atoms with E-state index in [0.717, 1.165) is 16.7 Å². The zero-order chi connectivity index (χ0) is 28.6. The molecule has 1 atom stereocenters. The van der Waals surface area contributed by atoms with Gasteiger partial charge in [-0.1, -0.05) is 72.7 Å². The van der Waals surface area contributed by atoms with Crippen LogP contribution in [-0.4, -0.2) is 35.5 Å². The number of amides is 1. The van der Waals surface area contributed by atoms with Gasteiger partial charge in [0, 0.05) is 10.6 Å². The van der Waals surface area contributed by atoms with Crippen LogP contribution in [0.2, 0.25) is 5.02 Å². The zero-order valence-corrected chi connectivity index (χ0v) is 24.2. The molecule has 2 heterocycles. The normalized spacial score (nSPS) is 16.8. The van der Waals surface area contributed by atoms with E-state index in [-0.39, 0.29) is 11.3 Å². The summed E-state index contributed by atoms with van der Waals surface area (Å²) in [6, 6.07) is 16.7. The van der Waals surface area contributed by atoms with Gasteiger partial charge in [-0.2, -0.15) is 0 Å². The number of aliphatic hydroxyl groups excluding tert-OH is 1. The molecule has 0 saturated carbocycles. The largest absolute Gasteiger partial charge is 0.507 e. The predicted octanol–water partition coefficient (Wildman–Crippen LogP) is 7.32. The van der Waals surface area contributed by atoms with Gasteiger partial charge in [0.15, 0.2) is 16.6 Å². The highest BCUT2D eigenvalue weighted by molar-refractivity contribution is 7.22. The molecule has 1 amide bonds. The van der Waals surface area contributed by atoms with Gasteiger partial charge in [0.2, 0.25) is 0 Å². The van der Waals surface area contributed by atoms with Crippen LogP contribution >= 0.6 is 22.9 Å². The number of methoxy groups -OCH3 is 1. The Morgan fingerprint density at radius 3 is 2.52 bits per heavy atom. The van der Waals surface area contributed by atoms with Gasteiger partial charge in [-0.05, 0) is 55.2 Å². The molecule has 1 aromatic heterocycles. The van der Waals surface area contributed by atoms with E-state index in [2.05, 4.69) is 18.8 Å². The maximum Gasteiger partial charge on any atom is 0.301 e. The van der Waals surface area contributed by atoms with Gasteiger partial charge in [0.1, 0.15) is 5.76 Å². The summed E-state index contributed by atoms with van der Waals surface area (Å²) in [5, 5.41) is 12.3. The fourth-order valence-corrected chi connectivity index (χ4v) is 5.85. The minimum Gasteiger partial charge on any atom is -0.507 e. The van der Waals surface area contributed by atoms with Crippen molar-refractivity contribution in [1.29, 1.82) is 0 Å². The first-order chi connectivity index (χ1) is 19.2. The molecule has 0 aliphatic carbocycles. The Balaban J connectivity index is 1.66. The Kier molecular flexibility index (Phi) is 7.83. The lowest BCUT2D eigenvalue weighted by molar-refractivity contribution is -0.132. The molecule has 1 N–H and O–H groups in total. The molecular weight excluding hydrogens is 548 g/mol. The fourth-order valence-electron chi connectivity index (χ4n) is 4.58. The molecule has 1 aliphatic rings. The Morgan fingerprint density at radius 2 is 1.82 bits per heavy atom. The maximum absolute atomic E-state index is 13.6. The van der Waals surface area contributed by atoms with Crippen molar-refractivity contribution in [3.05, 3.63) is 87.9 Å². The molecule has 4 aromatic rings. The number of ether oxygens (including phenoxy) is 2. The van der Waals surface area contributed by atoms with Crippen LogP contribution in [0.15, 0.2) is 66.2 Å². The maximum atomic E-state index is 13.6. The van der Waals surface area contributed by atoms with E-state index in [1.54, 1.807) is 48.5 Å². The topological polar surface area (TPSA) is 89.0 Å². The minimum absolute atomic E-state index is 0.0262. The number of fused-ring (bicyclic) bond motifs is 1. The number of aromatic nitrogens is 1. The Morgan fingerprint density at radius 1 is 1.07 bits per heavy atom. The van der Waals surface area contributed by atoms with Crippen LogP contribution in [0, 0.1) is 12.8 Å². The first kappa shape index (κ1) is 27.7. The Bertz CT molecular complexity index is 1630. The van der Waals surface area contributed by atoms with Crippen molar-refractivity contribution < 1.29 is 24.2 Å². The fraction of sp³-hybridized carbons (Fsp3) is 0.258. The van der Waals surface area contributed by atoms with Crippen LogP contribution in [0.1, 0.15) is 43.0 Å². The van der Waals surface area contributed by atoms with E-state index >= 15 is 0 Å². The van der Waals surface area contributed by atoms with Crippen LogP contribution in [0.3, 0.4) is 0 Å². The van der Waals surface area contributed by atoms with Crippen LogP contribution in [0.25, 0.3) is 16.0 Å². The molecule has 0 radical (unpaired) electrons. The van der Waals surface area contributed by atoms with Crippen molar-refractivity contribution in [2.24, 2.45) is 5.92 Å². The molecular formula is C31H29ClN2O5S. The molecule has 3 aromatic carbocycles. The molecule has 206 valence electrons. The van der Waals surface area contributed by atoms with Crippen molar-refractivity contribution in [3.8, 4) is 11.5 Å². The summed E-state index contributed by atoms with van der Waals surface area (Å²) in [7, 11) is 1.54. The second kappa shape index (κ2) is 11.3. The standard InChI is InChI=1S/C31H29ClN2O5S/c1-17(2)13-14-39-23-12-9-20(15-24(23)38-4)27-26(28(35)19-7-5-18(3)6-8-19)29(36)30(37)34(27)31-33-22-11-10-21(32)16-25(22)40-31/h5-12,15-17,27,35H,13-14H2,1-4H3/b28-26+. The van der Waals surface area contributed by atoms with Crippen molar-refractivity contribution in [2.75, 3.05) is 18.6 Å². The molecule has 1 aliphatic heterocycles. The third kappa shape index (κ3) is 5.29. The van der Waals surface area contributed by atoms with E-state index in [1.807, 2.05) is 19.1 Å². The van der Waals surface area contributed by atoms with E-state index < -0.39 is 17.7 Å². The van der Waals surface area contributed by atoms with Crippen LogP contribution in [0.4, 0.5) is 5.13 Å². The predicted molar refractivity (Wildman–Crippen MR) is 159 cm³/mol. The number of ketones is 1. The lowest BCUT2D eigenvalue weighted by atomic mass is 9.95. The number of nitrogens with zero attached hydrogens (tertiary/aromatic N) is 2. The second-order valence-electron chi connectivity index (χ2n) is 10.1. The average Bonchev–Trinajstić information content (AvgIpc) is 3.46. The minimum atomic E-state index is -0.948. The molecule has 9 heteroatoms. The molecule has 1 unspecified atom stereocenters. The molecule has 0 bridgehead atoms. The average molecular weight is 577 g/mol. The number of hydrogen-bond acceptors (Lipinski definition) is 7. The van der Waals surface area contributed by atoms with Crippen molar-refractivity contribution in [3.63, 3.8) is 0 Å². The van der Waals surface area contributed by atoms with E-state index in [4.69, 9.17) is 21.1 Å². The van der Waals surface area contributed by atoms with E-state index in [9.17, 15) is 14.7 Å². The quantitative estimate of drug-likeness (QED) is 0.134. The van der Waals surface area contributed by atoms with Gasteiger partial charge in [-0.25, -0.2) is 4.98 Å². The number of carbonyl (C=O) groups excluding carboxylic acids is 2. The van der Waals surface area contributed by atoms with Crippen molar-refractivity contribution >= 4 is 55.7 Å². The molecule has 5 rings (SSSR count). The Labute approximate surface area is 241 Å². The third-order valence-corrected chi connectivity index (χ3v) is 8.02. The molecule has 0 spiro atoms. The van der Waals surface area contributed by atoms with E-state index in [0.29, 0.717) is 50.8 Å². The highest BCUT2D eigenvalue weighted by Gasteiger charge is 2.48. The molecule has 1 saturated heterocycles. The number of aryl methyl sites for hydroxylation is 1.